The summed E-state index contributed by atoms with van der Waals surface area (Å²) in [6, 6.07) is 13.3. The maximum atomic E-state index is 8.71. The van der Waals surface area contributed by atoms with E-state index in [2.05, 4.69) is 10.6 Å². The Labute approximate surface area is 152 Å². The van der Waals surface area contributed by atoms with Crippen LogP contribution in [0.15, 0.2) is 42.5 Å². The number of aliphatic hydroxyl groups is 1. The smallest absolute Gasteiger partial charge is 0.124 e. The van der Waals surface area contributed by atoms with E-state index in [0.29, 0.717) is 29.7 Å². The molecule has 0 saturated carbocycles. The second-order valence-electron chi connectivity index (χ2n) is 5.28. The lowest BCUT2D eigenvalue weighted by atomic mass is 10.2. The van der Waals surface area contributed by atoms with Crippen molar-refractivity contribution in [3.63, 3.8) is 0 Å². The van der Waals surface area contributed by atoms with E-state index in [1.165, 1.54) is 0 Å². The molecule has 0 aliphatic heterocycles. The highest BCUT2D eigenvalue weighted by molar-refractivity contribution is 6.35. The van der Waals surface area contributed by atoms with E-state index in [1.54, 1.807) is 12.1 Å². The highest BCUT2D eigenvalue weighted by atomic mass is 35.5. The molecule has 0 heterocycles. The second-order valence-corrected chi connectivity index (χ2v) is 6.13. The van der Waals surface area contributed by atoms with Gasteiger partial charge in [-0.3, -0.25) is 0 Å². The van der Waals surface area contributed by atoms with Crippen molar-refractivity contribution in [2.24, 2.45) is 0 Å². The van der Waals surface area contributed by atoms with Gasteiger partial charge >= 0.3 is 0 Å². The normalized spacial score (nSPS) is 10.8. The highest BCUT2D eigenvalue weighted by Crippen LogP contribution is 2.24. The first-order valence-corrected chi connectivity index (χ1v) is 8.63. The molecule has 0 atom stereocenters. The summed E-state index contributed by atoms with van der Waals surface area (Å²) in [4.78, 5) is 0. The van der Waals surface area contributed by atoms with Crippen LogP contribution < -0.4 is 15.4 Å². The number of nitrogens with one attached hydrogen (secondary N) is 2. The third kappa shape index (κ3) is 6.30. The van der Waals surface area contributed by atoms with Crippen molar-refractivity contribution in [1.82, 2.24) is 10.6 Å². The largest absolute Gasteiger partial charge is 0.489 e. The van der Waals surface area contributed by atoms with Crippen molar-refractivity contribution >= 4 is 23.2 Å². The fraction of sp³-hybridized carbons (Fsp3) is 0.333. The Morgan fingerprint density at radius 3 is 2.50 bits per heavy atom. The third-order valence-electron chi connectivity index (χ3n) is 3.45. The van der Waals surface area contributed by atoms with Crippen LogP contribution in [0.1, 0.15) is 11.1 Å². The number of para-hydroxylation sites is 1. The number of hydrogen-bond donors (Lipinski definition) is 3. The Balaban J connectivity index is 1.86. The Morgan fingerprint density at radius 2 is 1.71 bits per heavy atom. The zero-order valence-electron chi connectivity index (χ0n) is 13.4. The van der Waals surface area contributed by atoms with Gasteiger partial charge in [0.05, 0.1) is 6.61 Å². The van der Waals surface area contributed by atoms with Crippen molar-refractivity contribution in [3.8, 4) is 5.75 Å². The summed E-state index contributed by atoms with van der Waals surface area (Å²) in [7, 11) is 0. The average Bonchev–Trinajstić information content (AvgIpc) is 2.58. The molecule has 3 N–H and O–H groups in total. The van der Waals surface area contributed by atoms with E-state index in [9.17, 15) is 0 Å². The fourth-order valence-electron chi connectivity index (χ4n) is 2.19. The minimum Gasteiger partial charge on any atom is -0.489 e. The topological polar surface area (TPSA) is 53.5 Å². The molecule has 0 fully saturated rings. The van der Waals surface area contributed by atoms with Crippen molar-refractivity contribution in [2.45, 2.75) is 13.2 Å². The van der Waals surface area contributed by atoms with E-state index in [0.717, 1.165) is 30.0 Å². The van der Waals surface area contributed by atoms with Gasteiger partial charge in [-0.25, -0.2) is 0 Å². The Morgan fingerprint density at radius 1 is 0.917 bits per heavy atom. The minimum absolute atomic E-state index is 0.157. The van der Waals surface area contributed by atoms with Crippen LogP contribution in [0.3, 0.4) is 0 Å². The lowest BCUT2D eigenvalue weighted by Crippen LogP contribution is -2.28. The summed E-state index contributed by atoms with van der Waals surface area (Å²) in [6.45, 7) is 3.50. The molecule has 2 rings (SSSR count). The van der Waals surface area contributed by atoms with Gasteiger partial charge in [0.25, 0.3) is 0 Å². The van der Waals surface area contributed by atoms with Crippen molar-refractivity contribution in [3.05, 3.63) is 63.6 Å². The summed E-state index contributed by atoms with van der Waals surface area (Å²) in [6.07, 6.45) is 0. The molecule has 0 spiro atoms. The molecule has 24 heavy (non-hydrogen) atoms. The molecule has 0 radical (unpaired) electrons. The lowest BCUT2D eigenvalue weighted by molar-refractivity contribution is 0.292. The molecule has 0 amide bonds. The lowest BCUT2D eigenvalue weighted by Gasteiger charge is -2.13. The molecule has 0 bridgehead atoms. The SMILES string of the molecule is OCCNCCNCc1ccccc1OCc1ccc(Cl)cc1Cl. The molecular formula is C18H22Cl2N2O2. The summed E-state index contributed by atoms with van der Waals surface area (Å²) in [5.41, 5.74) is 1.99. The van der Waals surface area contributed by atoms with Gasteiger partial charge in [0.1, 0.15) is 12.4 Å². The predicted molar refractivity (Wildman–Crippen MR) is 98.9 cm³/mol. The van der Waals surface area contributed by atoms with Gasteiger partial charge in [-0.1, -0.05) is 47.5 Å². The molecule has 6 heteroatoms. The van der Waals surface area contributed by atoms with Crippen LogP contribution in [0.5, 0.6) is 5.75 Å². The summed E-state index contributed by atoms with van der Waals surface area (Å²) in [5, 5.41) is 16.4. The standard InChI is InChI=1S/C18H22Cl2N2O2/c19-16-6-5-15(17(20)11-16)13-24-18-4-2-1-3-14(18)12-22-8-7-21-9-10-23/h1-6,11,21-23H,7-10,12-13H2. The highest BCUT2D eigenvalue weighted by Gasteiger charge is 2.06. The molecule has 0 saturated heterocycles. The first kappa shape index (κ1) is 19.0. The first-order valence-electron chi connectivity index (χ1n) is 7.87. The van der Waals surface area contributed by atoms with Crippen LogP contribution >= 0.6 is 23.2 Å². The van der Waals surface area contributed by atoms with E-state index in [4.69, 9.17) is 33.0 Å². The fourth-order valence-corrected chi connectivity index (χ4v) is 2.65. The monoisotopic (exact) mass is 368 g/mol. The van der Waals surface area contributed by atoms with Gasteiger partial charge in [-0.2, -0.15) is 0 Å². The average molecular weight is 369 g/mol. The Kier molecular flexibility index (Phi) is 8.36. The number of benzene rings is 2. The molecule has 130 valence electrons. The van der Waals surface area contributed by atoms with Gasteiger partial charge in [-0.05, 0) is 18.2 Å². The molecule has 0 aliphatic rings. The molecule has 0 aromatic heterocycles. The van der Waals surface area contributed by atoms with E-state index in [1.807, 2.05) is 30.3 Å². The van der Waals surface area contributed by atoms with Crippen LogP contribution in [0.2, 0.25) is 10.0 Å². The van der Waals surface area contributed by atoms with E-state index >= 15 is 0 Å². The van der Waals surface area contributed by atoms with Gasteiger partial charge in [0.15, 0.2) is 0 Å². The molecule has 0 aliphatic carbocycles. The third-order valence-corrected chi connectivity index (χ3v) is 4.04. The first-order chi connectivity index (χ1) is 11.7. The van der Waals surface area contributed by atoms with Crippen molar-refractivity contribution < 1.29 is 9.84 Å². The number of ether oxygens (including phenoxy) is 1. The Hall–Kier alpha value is -1.30. The van der Waals surface area contributed by atoms with Gasteiger partial charge < -0.3 is 20.5 Å². The van der Waals surface area contributed by atoms with Crippen LogP contribution in [-0.4, -0.2) is 31.3 Å². The van der Waals surface area contributed by atoms with Crippen LogP contribution in [0, 0.1) is 0 Å². The molecule has 2 aromatic rings. The minimum atomic E-state index is 0.157. The Bertz CT molecular complexity index is 638. The van der Waals surface area contributed by atoms with Gasteiger partial charge in [-0.15, -0.1) is 0 Å². The van der Waals surface area contributed by atoms with E-state index in [-0.39, 0.29) is 6.61 Å². The van der Waals surface area contributed by atoms with Crippen LogP contribution in [0.25, 0.3) is 0 Å². The molecule has 2 aromatic carbocycles. The molecule has 4 nitrogen and oxygen atoms in total. The number of halogens is 2. The van der Waals surface area contributed by atoms with E-state index < -0.39 is 0 Å². The van der Waals surface area contributed by atoms with Gasteiger partial charge in [0.2, 0.25) is 0 Å². The predicted octanol–water partition coefficient (Wildman–Crippen LogP) is 3.24. The summed E-state index contributed by atoms with van der Waals surface area (Å²) >= 11 is 12.1. The number of aliphatic hydroxyl groups excluding tert-OH is 1. The summed E-state index contributed by atoms with van der Waals surface area (Å²) < 4.78 is 5.92. The quantitative estimate of drug-likeness (QED) is 0.563. The van der Waals surface area contributed by atoms with Crippen molar-refractivity contribution in [2.75, 3.05) is 26.2 Å². The maximum Gasteiger partial charge on any atom is 0.124 e. The number of rotatable bonds is 10. The summed E-state index contributed by atoms with van der Waals surface area (Å²) in [5.74, 6) is 0.833. The van der Waals surface area contributed by atoms with Gasteiger partial charge in [0, 0.05) is 47.4 Å². The maximum absolute atomic E-state index is 8.71. The van der Waals surface area contributed by atoms with Crippen molar-refractivity contribution in [1.29, 1.82) is 0 Å². The zero-order chi connectivity index (χ0) is 17.2. The number of hydrogen-bond acceptors (Lipinski definition) is 4. The molecule has 0 unspecified atom stereocenters. The van der Waals surface area contributed by atoms with Crippen LogP contribution in [0.4, 0.5) is 0 Å². The second kappa shape index (κ2) is 10.5. The molecular weight excluding hydrogens is 347 g/mol. The zero-order valence-corrected chi connectivity index (χ0v) is 14.9. The van der Waals surface area contributed by atoms with Crippen LogP contribution in [-0.2, 0) is 13.2 Å².